The zero-order valence-electron chi connectivity index (χ0n) is 23.9. The summed E-state index contributed by atoms with van der Waals surface area (Å²) in [6, 6.07) is 21.1. The molecule has 1 atom stereocenters. The summed E-state index contributed by atoms with van der Waals surface area (Å²) in [6.45, 7) is 3.00. The van der Waals surface area contributed by atoms with Crippen LogP contribution in [0, 0.1) is 0 Å². The van der Waals surface area contributed by atoms with Crippen molar-refractivity contribution < 1.29 is 14.7 Å². The SMILES string of the molecule is C[C@H](CC(=O)N1CCC(O)(Cn2cc(C(=O)NC3CCCCC3)c(-c3ccccc3)cc2=O)CC1)c1ccccc1. The average molecular weight is 556 g/mol. The summed E-state index contributed by atoms with van der Waals surface area (Å²) in [5, 5.41) is 14.7. The predicted octanol–water partition coefficient (Wildman–Crippen LogP) is 5.13. The average Bonchev–Trinajstić information content (AvgIpc) is 2.99. The topological polar surface area (TPSA) is 91.6 Å². The van der Waals surface area contributed by atoms with E-state index in [1.807, 2.05) is 65.6 Å². The zero-order chi connectivity index (χ0) is 28.8. The smallest absolute Gasteiger partial charge is 0.253 e. The van der Waals surface area contributed by atoms with Crippen LogP contribution < -0.4 is 10.9 Å². The van der Waals surface area contributed by atoms with Crippen LogP contribution in [0.1, 0.15) is 80.1 Å². The van der Waals surface area contributed by atoms with Crippen LogP contribution in [-0.4, -0.2) is 51.1 Å². The number of pyridine rings is 1. The van der Waals surface area contributed by atoms with Crippen molar-refractivity contribution in [2.75, 3.05) is 13.1 Å². The minimum absolute atomic E-state index is 0.0764. The second-order valence-electron chi connectivity index (χ2n) is 11.9. The fraction of sp³-hybridized carbons (Fsp3) is 0.441. The maximum absolute atomic E-state index is 13.5. The van der Waals surface area contributed by atoms with Crippen molar-refractivity contribution in [3.05, 3.63) is 94.4 Å². The van der Waals surface area contributed by atoms with E-state index in [0.29, 0.717) is 43.5 Å². The van der Waals surface area contributed by atoms with E-state index in [-0.39, 0.29) is 35.9 Å². The third-order valence-electron chi connectivity index (χ3n) is 8.76. The highest BCUT2D eigenvalue weighted by molar-refractivity contribution is 6.00. The lowest BCUT2D eigenvalue weighted by Crippen LogP contribution is -2.49. The van der Waals surface area contributed by atoms with E-state index >= 15 is 0 Å². The normalized spacial score (nSPS) is 18.0. The predicted molar refractivity (Wildman–Crippen MR) is 161 cm³/mol. The molecule has 2 N–H and O–H groups in total. The maximum Gasteiger partial charge on any atom is 0.253 e. The monoisotopic (exact) mass is 555 g/mol. The van der Waals surface area contributed by atoms with Crippen LogP contribution in [0.2, 0.25) is 0 Å². The van der Waals surface area contributed by atoms with Crippen molar-refractivity contribution in [3.8, 4) is 11.1 Å². The van der Waals surface area contributed by atoms with Gasteiger partial charge in [0.1, 0.15) is 0 Å². The van der Waals surface area contributed by atoms with Crippen molar-refractivity contribution in [3.63, 3.8) is 0 Å². The lowest BCUT2D eigenvalue weighted by atomic mass is 9.90. The number of carbonyl (C=O) groups excluding carboxylic acids is 2. The summed E-state index contributed by atoms with van der Waals surface area (Å²) in [5.74, 6) is 0.00305. The summed E-state index contributed by atoms with van der Waals surface area (Å²) < 4.78 is 1.47. The maximum atomic E-state index is 13.5. The molecule has 2 aliphatic rings. The zero-order valence-corrected chi connectivity index (χ0v) is 23.9. The summed E-state index contributed by atoms with van der Waals surface area (Å²) in [7, 11) is 0. The van der Waals surface area contributed by atoms with E-state index in [1.165, 1.54) is 17.1 Å². The number of hydrogen-bond acceptors (Lipinski definition) is 4. The van der Waals surface area contributed by atoms with Crippen LogP contribution >= 0.6 is 0 Å². The van der Waals surface area contributed by atoms with Crippen molar-refractivity contribution in [1.29, 1.82) is 0 Å². The molecule has 1 aliphatic heterocycles. The molecule has 1 saturated heterocycles. The van der Waals surface area contributed by atoms with Crippen molar-refractivity contribution in [1.82, 2.24) is 14.8 Å². The Labute approximate surface area is 242 Å². The van der Waals surface area contributed by atoms with Crippen molar-refractivity contribution in [2.24, 2.45) is 0 Å². The lowest BCUT2D eigenvalue weighted by molar-refractivity contribution is -0.136. The summed E-state index contributed by atoms with van der Waals surface area (Å²) >= 11 is 0. The van der Waals surface area contributed by atoms with Gasteiger partial charge in [-0.3, -0.25) is 14.4 Å². The second-order valence-corrected chi connectivity index (χ2v) is 11.9. The van der Waals surface area contributed by atoms with Gasteiger partial charge in [-0.1, -0.05) is 86.8 Å². The number of nitrogens with zero attached hydrogens (tertiary/aromatic N) is 2. The fourth-order valence-corrected chi connectivity index (χ4v) is 6.18. The molecule has 0 spiro atoms. The first-order valence-corrected chi connectivity index (χ1v) is 15.0. The first kappa shape index (κ1) is 28.8. The van der Waals surface area contributed by atoms with Crippen LogP contribution in [0.15, 0.2) is 77.7 Å². The molecule has 216 valence electrons. The number of benzene rings is 2. The Morgan fingerprint density at radius 2 is 1.61 bits per heavy atom. The van der Waals surface area contributed by atoms with Gasteiger partial charge in [-0.25, -0.2) is 0 Å². The van der Waals surface area contributed by atoms with Gasteiger partial charge in [0.25, 0.3) is 11.5 Å². The molecule has 2 fully saturated rings. The highest BCUT2D eigenvalue weighted by Crippen LogP contribution is 2.28. The number of likely N-dealkylation sites (tertiary alicyclic amines) is 1. The summed E-state index contributed by atoms with van der Waals surface area (Å²) in [4.78, 5) is 41.6. The van der Waals surface area contributed by atoms with Crippen molar-refractivity contribution >= 4 is 11.8 Å². The van der Waals surface area contributed by atoms with Gasteiger partial charge in [0, 0.05) is 43.4 Å². The number of hydrogen-bond donors (Lipinski definition) is 2. The molecule has 0 unspecified atom stereocenters. The van der Waals surface area contributed by atoms with Gasteiger partial charge in [-0.2, -0.15) is 0 Å². The molecule has 0 radical (unpaired) electrons. The second kappa shape index (κ2) is 12.9. The Bertz CT molecular complexity index is 1390. The first-order chi connectivity index (χ1) is 19.8. The van der Waals surface area contributed by atoms with Gasteiger partial charge >= 0.3 is 0 Å². The summed E-state index contributed by atoms with van der Waals surface area (Å²) in [6.07, 6.45) is 8.10. The molecular formula is C34H41N3O4. The first-order valence-electron chi connectivity index (χ1n) is 15.0. The molecular weight excluding hydrogens is 514 g/mol. The van der Waals surface area contributed by atoms with E-state index < -0.39 is 5.60 Å². The van der Waals surface area contributed by atoms with Crippen LogP contribution in [0.25, 0.3) is 11.1 Å². The molecule has 2 heterocycles. The Morgan fingerprint density at radius 3 is 2.27 bits per heavy atom. The molecule has 7 nitrogen and oxygen atoms in total. The van der Waals surface area contributed by atoms with Gasteiger partial charge in [0.2, 0.25) is 5.91 Å². The van der Waals surface area contributed by atoms with Gasteiger partial charge in [-0.15, -0.1) is 0 Å². The Kier molecular flexibility index (Phi) is 9.03. The number of aromatic nitrogens is 1. The quantitative estimate of drug-likeness (QED) is 0.403. The third-order valence-corrected chi connectivity index (χ3v) is 8.76. The molecule has 41 heavy (non-hydrogen) atoms. The van der Waals surface area contributed by atoms with Crippen LogP contribution in [0.3, 0.4) is 0 Å². The number of rotatable bonds is 8. The van der Waals surface area contributed by atoms with Crippen LogP contribution in [-0.2, 0) is 11.3 Å². The highest BCUT2D eigenvalue weighted by atomic mass is 16.3. The van der Waals surface area contributed by atoms with Gasteiger partial charge in [0.05, 0.1) is 17.7 Å². The van der Waals surface area contributed by atoms with E-state index in [9.17, 15) is 19.5 Å². The molecule has 2 amide bonds. The van der Waals surface area contributed by atoms with Gasteiger partial charge < -0.3 is 19.9 Å². The standard InChI is InChI=1S/C34H41N3O4/c1-25(26-11-5-2-6-12-26)21-31(38)36-19-17-34(41,18-20-36)24-37-23-30(33(40)35-28-15-9-4-10-16-28)29(22-32(37)39)27-13-7-3-8-14-27/h2-3,5-8,11-14,22-23,25,28,41H,4,9-10,15-21,24H2,1H3,(H,35,40)/t25-/m1/s1. The van der Waals surface area contributed by atoms with E-state index in [0.717, 1.165) is 36.8 Å². The minimum Gasteiger partial charge on any atom is -0.388 e. The van der Waals surface area contributed by atoms with E-state index in [2.05, 4.69) is 12.2 Å². The van der Waals surface area contributed by atoms with Crippen LogP contribution in [0.5, 0.6) is 0 Å². The van der Waals surface area contributed by atoms with Gasteiger partial charge in [0.15, 0.2) is 0 Å². The third kappa shape index (κ3) is 7.14. The molecule has 2 aromatic carbocycles. The number of piperidine rings is 1. The number of carbonyl (C=O) groups is 2. The number of nitrogens with one attached hydrogen (secondary N) is 1. The minimum atomic E-state index is -1.14. The molecule has 1 aromatic heterocycles. The summed E-state index contributed by atoms with van der Waals surface area (Å²) in [5.41, 5.74) is 1.57. The fourth-order valence-electron chi connectivity index (χ4n) is 6.18. The van der Waals surface area contributed by atoms with Crippen molar-refractivity contribution in [2.45, 2.75) is 82.4 Å². The molecule has 7 heteroatoms. The molecule has 0 bridgehead atoms. The largest absolute Gasteiger partial charge is 0.388 e. The number of aliphatic hydroxyl groups is 1. The molecule has 5 rings (SSSR count). The van der Waals surface area contributed by atoms with Crippen LogP contribution in [0.4, 0.5) is 0 Å². The highest BCUT2D eigenvalue weighted by Gasteiger charge is 2.35. The Morgan fingerprint density at radius 1 is 0.976 bits per heavy atom. The lowest BCUT2D eigenvalue weighted by Gasteiger charge is -2.39. The van der Waals surface area contributed by atoms with Gasteiger partial charge in [-0.05, 0) is 42.7 Å². The molecule has 1 aliphatic carbocycles. The molecule has 1 saturated carbocycles. The molecule has 3 aromatic rings. The van der Waals surface area contributed by atoms with E-state index in [4.69, 9.17) is 0 Å². The Balaban J connectivity index is 1.30. The number of amides is 2. The Hall–Kier alpha value is -3.71. The van der Waals surface area contributed by atoms with E-state index in [1.54, 1.807) is 6.20 Å².